The average Bonchev–Trinajstić information content (AvgIpc) is 3.13. The maximum atomic E-state index is 11.5. The van der Waals surface area contributed by atoms with Crippen molar-refractivity contribution in [3.63, 3.8) is 0 Å². The molecule has 0 bridgehead atoms. The fourth-order valence-electron chi connectivity index (χ4n) is 2.62. The molecule has 0 radical (unpaired) electrons. The fraction of sp³-hybridized carbons (Fsp3) is 0.333. The number of hydrogen-bond donors (Lipinski definition) is 2. The van der Waals surface area contributed by atoms with Crippen LogP contribution >= 0.6 is 0 Å². The normalized spacial score (nSPS) is 16.2. The number of rotatable bonds is 7. The molecule has 2 N–H and O–H groups in total. The predicted molar refractivity (Wildman–Crippen MR) is 92.5 cm³/mol. The van der Waals surface area contributed by atoms with E-state index in [0.29, 0.717) is 18.8 Å². The molecule has 0 aliphatic carbocycles. The van der Waals surface area contributed by atoms with Gasteiger partial charge in [0.2, 0.25) is 11.6 Å². The molecule has 11 heteroatoms. The van der Waals surface area contributed by atoms with E-state index in [1.165, 1.54) is 24.5 Å². The molecule has 1 aromatic carbocycles. The van der Waals surface area contributed by atoms with E-state index in [-0.39, 0.29) is 29.1 Å². The van der Waals surface area contributed by atoms with Crippen LogP contribution in [0.4, 0.5) is 28.7 Å². The van der Waals surface area contributed by atoms with Crippen molar-refractivity contribution in [1.29, 1.82) is 0 Å². The molecule has 0 spiro atoms. The van der Waals surface area contributed by atoms with Gasteiger partial charge in [-0.1, -0.05) is 6.07 Å². The van der Waals surface area contributed by atoms with Crippen LogP contribution in [0.5, 0.6) is 0 Å². The van der Waals surface area contributed by atoms with Crippen LogP contribution in [0.1, 0.15) is 12.8 Å². The van der Waals surface area contributed by atoms with Crippen LogP contribution in [-0.4, -0.2) is 39.1 Å². The molecule has 3 rings (SSSR count). The van der Waals surface area contributed by atoms with Crippen molar-refractivity contribution < 1.29 is 14.6 Å². The number of nitro benzene ring substituents is 1. The minimum atomic E-state index is -0.600. The Balaban J connectivity index is 1.84. The minimum Gasteiger partial charge on any atom is -0.376 e. The van der Waals surface area contributed by atoms with E-state index >= 15 is 0 Å². The van der Waals surface area contributed by atoms with Gasteiger partial charge in [-0.15, -0.1) is 0 Å². The molecule has 11 nitrogen and oxygen atoms in total. The van der Waals surface area contributed by atoms with Crippen LogP contribution in [0.3, 0.4) is 0 Å². The second kappa shape index (κ2) is 7.70. The van der Waals surface area contributed by atoms with Crippen molar-refractivity contribution in [1.82, 2.24) is 9.97 Å². The Morgan fingerprint density at radius 3 is 2.69 bits per heavy atom. The largest absolute Gasteiger partial charge is 0.376 e. The number of nitrogens with zero attached hydrogens (tertiary/aromatic N) is 4. The zero-order valence-corrected chi connectivity index (χ0v) is 13.6. The van der Waals surface area contributed by atoms with Crippen LogP contribution in [0, 0.1) is 20.2 Å². The molecule has 1 aliphatic heterocycles. The van der Waals surface area contributed by atoms with E-state index in [1.54, 1.807) is 6.07 Å². The molecular formula is C15H16N6O5. The molecule has 136 valence electrons. The van der Waals surface area contributed by atoms with Crippen LogP contribution < -0.4 is 10.6 Å². The third-order valence-electron chi connectivity index (χ3n) is 3.85. The average molecular weight is 360 g/mol. The van der Waals surface area contributed by atoms with Crippen LogP contribution in [-0.2, 0) is 4.74 Å². The van der Waals surface area contributed by atoms with Crippen molar-refractivity contribution in [3.05, 3.63) is 50.8 Å². The second-order valence-corrected chi connectivity index (χ2v) is 5.62. The van der Waals surface area contributed by atoms with Gasteiger partial charge in [-0.3, -0.25) is 20.2 Å². The lowest BCUT2D eigenvalue weighted by molar-refractivity contribution is -0.384. The molecular weight excluding hydrogens is 344 g/mol. The third-order valence-corrected chi connectivity index (χ3v) is 3.85. The highest BCUT2D eigenvalue weighted by Gasteiger charge is 2.25. The van der Waals surface area contributed by atoms with Gasteiger partial charge in [0, 0.05) is 31.0 Å². The Morgan fingerprint density at radius 1 is 1.19 bits per heavy atom. The molecule has 1 fully saturated rings. The molecule has 1 saturated heterocycles. The third kappa shape index (κ3) is 4.00. The zero-order valence-electron chi connectivity index (χ0n) is 13.6. The molecule has 0 saturated carbocycles. The Morgan fingerprint density at radius 2 is 2.00 bits per heavy atom. The highest BCUT2D eigenvalue weighted by atomic mass is 16.6. The summed E-state index contributed by atoms with van der Waals surface area (Å²) in [6, 6.07) is 5.63. The Kier molecular flexibility index (Phi) is 5.17. The van der Waals surface area contributed by atoms with Gasteiger partial charge in [0.1, 0.15) is 6.33 Å². The molecule has 0 amide bonds. The summed E-state index contributed by atoms with van der Waals surface area (Å²) in [7, 11) is 0. The Hall–Kier alpha value is -3.34. The minimum absolute atomic E-state index is 0.0160. The summed E-state index contributed by atoms with van der Waals surface area (Å²) in [4.78, 5) is 29.1. The summed E-state index contributed by atoms with van der Waals surface area (Å²) < 4.78 is 5.48. The molecule has 26 heavy (non-hydrogen) atoms. The Bertz CT molecular complexity index is 824. The number of nitrogens with one attached hydrogen (secondary N) is 2. The van der Waals surface area contributed by atoms with Crippen molar-refractivity contribution in [2.45, 2.75) is 18.9 Å². The van der Waals surface area contributed by atoms with Gasteiger partial charge < -0.3 is 15.4 Å². The Labute approximate surface area is 147 Å². The van der Waals surface area contributed by atoms with E-state index in [1.807, 2.05) is 0 Å². The van der Waals surface area contributed by atoms with Gasteiger partial charge in [-0.2, -0.15) is 0 Å². The van der Waals surface area contributed by atoms with Crippen molar-refractivity contribution in [2.75, 3.05) is 23.8 Å². The summed E-state index contributed by atoms with van der Waals surface area (Å²) in [5.41, 5.74) is -0.161. The van der Waals surface area contributed by atoms with E-state index in [2.05, 4.69) is 20.6 Å². The summed E-state index contributed by atoms with van der Waals surface area (Å²) in [6.45, 7) is 1.08. The van der Waals surface area contributed by atoms with Gasteiger partial charge in [0.25, 0.3) is 5.69 Å². The lowest BCUT2D eigenvalue weighted by Gasteiger charge is -2.12. The number of ether oxygens (including phenoxy) is 1. The summed E-state index contributed by atoms with van der Waals surface area (Å²) in [5, 5.41) is 28.1. The van der Waals surface area contributed by atoms with E-state index in [9.17, 15) is 20.2 Å². The molecule has 1 atom stereocenters. The van der Waals surface area contributed by atoms with Gasteiger partial charge >= 0.3 is 5.69 Å². The fourth-order valence-corrected chi connectivity index (χ4v) is 2.62. The number of aromatic nitrogens is 2. The molecule has 1 unspecified atom stereocenters. The van der Waals surface area contributed by atoms with Crippen molar-refractivity contribution >= 4 is 28.7 Å². The number of benzene rings is 1. The summed E-state index contributed by atoms with van der Waals surface area (Å²) in [6.07, 6.45) is 3.00. The van der Waals surface area contributed by atoms with Gasteiger partial charge in [-0.05, 0) is 18.9 Å². The van der Waals surface area contributed by atoms with Gasteiger partial charge in [-0.25, -0.2) is 9.97 Å². The van der Waals surface area contributed by atoms with E-state index < -0.39 is 9.85 Å². The molecule has 1 aliphatic rings. The number of anilines is 3. The van der Waals surface area contributed by atoms with Gasteiger partial charge in [0.05, 0.1) is 16.0 Å². The lowest BCUT2D eigenvalue weighted by atomic mass is 10.2. The molecule has 1 aromatic heterocycles. The van der Waals surface area contributed by atoms with E-state index in [4.69, 9.17) is 4.74 Å². The van der Waals surface area contributed by atoms with Crippen LogP contribution in [0.15, 0.2) is 30.6 Å². The molecule has 2 aromatic rings. The zero-order chi connectivity index (χ0) is 18.5. The second-order valence-electron chi connectivity index (χ2n) is 5.62. The topological polar surface area (TPSA) is 145 Å². The van der Waals surface area contributed by atoms with Crippen molar-refractivity contribution in [2.24, 2.45) is 0 Å². The van der Waals surface area contributed by atoms with E-state index in [0.717, 1.165) is 12.8 Å². The lowest BCUT2D eigenvalue weighted by Crippen LogP contribution is -2.20. The maximum absolute atomic E-state index is 11.5. The number of hydrogen-bond acceptors (Lipinski definition) is 9. The smallest absolute Gasteiger partial charge is 0.353 e. The van der Waals surface area contributed by atoms with Crippen LogP contribution in [0.2, 0.25) is 0 Å². The number of nitro groups is 2. The monoisotopic (exact) mass is 360 g/mol. The quantitative estimate of drug-likeness (QED) is 0.562. The van der Waals surface area contributed by atoms with Crippen molar-refractivity contribution in [3.8, 4) is 0 Å². The first kappa shape index (κ1) is 17.5. The standard InChI is InChI=1S/C15H16N6O5/c22-20(23)11-4-1-3-10(7-11)19-15-13(21(24)25)14(17-9-18-15)16-8-12-5-2-6-26-12/h1,3-4,7,9,12H,2,5-6,8H2,(H2,16,17,18,19). The highest BCUT2D eigenvalue weighted by Crippen LogP contribution is 2.32. The highest BCUT2D eigenvalue weighted by molar-refractivity contribution is 5.74. The first-order valence-electron chi connectivity index (χ1n) is 7.91. The first-order valence-corrected chi connectivity index (χ1v) is 7.91. The predicted octanol–water partition coefficient (Wildman–Crippen LogP) is 2.63. The SMILES string of the molecule is O=[N+]([O-])c1cccc(Nc2ncnc(NCC3CCCO3)c2[N+](=O)[O-])c1. The number of non-ortho nitro benzene ring substituents is 1. The molecule has 2 heterocycles. The van der Waals surface area contributed by atoms with Crippen LogP contribution in [0.25, 0.3) is 0 Å². The summed E-state index contributed by atoms with van der Waals surface area (Å²) in [5.74, 6) is 0.00812. The summed E-state index contributed by atoms with van der Waals surface area (Å²) >= 11 is 0. The van der Waals surface area contributed by atoms with Gasteiger partial charge in [0.15, 0.2) is 0 Å². The first-order chi connectivity index (χ1) is 12.5. The maximum Gasteiger partial charge on any atom is 0.353 e.